The molecule has 0 aromatic carbocycles. The van der Waals surface area contributed by atoms with Crippen molar-refractivity contribution in [1.29, 1.82) is 0 Å². The maximum Gasteiger partial charge on any atom is 0.168 e. The molecule has 1 aromatic heterocycles. The van der Waals surface area contributed by atoms with Gasteiger partial charge in [0.1, 0.15) is 11.5 Å². The number of carbonyl (C=O) groups excluding carboxylic acids is 1. The molecule has 0 aliphatic carbocycles. The highest BCUT2D eigenvalue weighted by Crippen LogP contribution is 2.19. The van der Waals surface area contributed by atoms with E-state index in [1.807, 2.05) is 0 Å². The summed E-state index contributed by atoms with van der Waals surface area (Å²) in [6.07, 6.45) is 2.41. The summed E-state index contributed by atoms with van der Waals surface area (Å²) in [5.41, 5.74) is 0.451. The van der Waals surface area contributed by atoms with Crippen LogP contribution in [0, 0.1) is 0 Å². The molecular formula is C11H16N4O. The number of rotatable bonds is 2. The highest BCUT2D eigenvalue weighted by atomic mass is 16.1. The summed E-state index contributed by atoms with van der Waals surface area (Å²) >= 11 is 0. The van der Waals surface area contributed by atoms with Gasteiger partial charge in [-0.15, -0.1) is 0 Å². The fraction of sp³-hybridized carbons (Fsp3) is 0.545. The van der Waals surface area contributed by atoms with Crippen LogP contribution in [-0.2, 0) is 0 Å². The molecular weight excluding hydrogens is 204 g/mol. The van der Waals surface area contributed by atoms with Crippen molar-refractivity contribution in [2.45, 2.75) is 6.04 Å². The second-order valence-corrected chi connectivity index (χ2v) is 4.22. The van der Waals surface area contributed by atoms with Crippen LogP contribution in [0.1, 0.15) is 22.4 Å². The summed E-state index contributed by atoms with van der Waals surface area (Å²) < 4.78 is 0. The Morgan fingerprint density at radius 3 is 3.00 bits per heavy atom. The summed E-state index contributed by atoms with van der Waals surface area (Å²) in [6.45, 7) is 2.95. The van der Waals surface area contributed by atoms with Gasteiger partial charge in [0, 0.05) is 25.8 Å². The number of carbonyl (C=O) groups is 1. The third-order valence-electron chi connectivity index (χ3n) is 2.97. The van der Waals surface area contributed by atoms with Crippen LogP contribution in [0.5, 0.6) is 0 Å². The Bertz CT molecular complexity index is 382. The molecule has 0 bridgehead atoms. The van der Waals surface area contributed by atoms with Crippen LogP contribution in [0.15, 0.2) is 12.3 Å². The Hall–Kier alpha value is -1.33. The van der Waals surface area contributed by atoms with Crippen LogP contribution < -0.4 is 0 Å². The van der Waals surface area contributed by atoms with E-state index in [0.29, 0.717) is 5.69 Å². The van der Waals surface area contributed by atoms with Gasteiger partial charge in [-0.2, -0.15) is 0 Å². The van der Waals surface area contributed by atoms with Gasteiger partial charge in [-0.1, -0.05) is 0 Å². The van der Waals surface area contributed by atoms with Gasteiger partial charge >= 0.3 is 0 Å². The van der Waals surface area contributed by atoms with Crippen molar-refractivity contribution in [2.75, 3.05) is 33.7 Å². The molecule has 1 unspecified atom stereocenters. The van der Waals surface area contributed by atoms with Gasteiger partial charge in [0.25, 0.3) is 0 Å². The van der Waals surface area contributed by atoms with Gasteiger partial charge in [0.2, 0.25) is 0 Å². The first kappa shape index (κ1) is 11.2. The molecule has 5 heteroatoms. The van der Waals surface area contributed by atoms with E-state index in [4.69, 9.17) is 0 Å². The molecule has 5 nitrogen and oxygen atoms in total. The summed E-state index contributed by atoms with van der Waals surface area (Å²) in [6, 6.07) is 1.81. The smallest absolute Gasteiger partial charge is 0.168 e. The molecule has 2 heterocycles. The molecule has 1 aliphatic rings. The standard InChI is InChI=1S/C11H16N4O/c1-14-5-6-15(2)10(7-14)11-12-4-3-9(8-16)13-11/h3-4,8,10H,5-7H2,1-2H3. The Balaban J connectivity index is 2.23. The number of likely N-dealkylation sites (N-methyl/N-ethyl adjacent to an activating group) is 2. The quantitative estimate of drug-likeness (QED) is 0.667. The normalized spacial score (nSPS) is 23.2. The van der Waals surface area contributed by atoms with Crippen molar-refractivity contribution in [3.05, 3.63) is 23.8 Å². The third-order valence-corrected chi connectivity index (χ3v) is 2.97. The molecule has 1 aromatic rings. The topological polar surface area (TPSA) is 49.3 Å². The molecule has 16 heavy (non-hydrogen) atoms. The van der Waals surface area contributed by atoms with Crippen molar-refractivity contribution in [1.82, 2.24) is 19.8 Å². The van der Waals surface area contributed by atoms with Crippen molar-refractivity contribution in [3.8, 4) is 0 Å². The van der Waals surface area contributed by atoms with Gasteiger partial charge in [0.15, 0.2) is 6.29 Å². The zero-order valence-electron chi connectivity index (χ0n) is 9.63. The molecule has 1 saturated heterocycles. The van der Waals surface area contributed by atoms with Gasteiger partial charge in [-0.05, 0) is 20.2 Å². The van der Waals surface area contributed by atoms with Crippen molar-refractivity contribution in [2.24, 2.45) is 0 Å². The fourth-order valence-electron chi connectivity index (χ4n) is 1.90. The molecule has 1 atom stereocenters. The maximum atomic E-state index is 10.7. The maximum absolute atomic E-state index is 10.7. The zero-order valence-corrected chi connectivity index (χ0v) is 9.63. The van der Waals surface area contributed by atoms with Gasteiger partial charge in [-0.25, -0.2) is 9.97 Å². The second kappa shape index (κ2) is 4.67. The first-order valence-corrected chi connectivity index (χ1v) is 5.37. The predicted molar refractivity (Wildman–Crippen MR) is 60.3 cm³/mol. The minimum Gasteiger partial charge on any atom is -0.303 e. The lowest BCUT2D eigenvalue weighted by Crippen LogP contribution is -2.45. The van der Waals surface area contributed by atoms with Gasteiger partial charge in [0.05, 0.1) is 6.04 Å². The predicted octanol–water partition coefficient (Wildman–Crippen LogP) is 0.207. The van der Waals surface area contributed by atoms with E-state index in [-0.39, 0.29) is 6.04 Å². The molecule has 0 N–H and O–H groups in total. The second-order valence-electron chi connectivity index (χ2n) is 4.22. The number of hydrogen-bond donors (Lipinski definition) is 0. The highest BCUT2D eigenvalue weighted by molar-refractivity contribution is 5.71. The van der Waals surface area contributed by atoms with E-state index in [9.17, 15) is 4.79 Å². The van der Waals surface area contributed by atoms with Crippen LogP contribution >= 0.6 is 0 Å². The van der Waals surface area contributed by atoms with Crippen molar-refractivity contribution >= 4 is 6.29 Å². The minimum atomic E-state index is 0.179. The first-order valence-electron chi connectivity index (χ1n) is 5.37. The van der Waals surface area contributed by atoms with E-state index >= 15 is 0 Å². The number of aromatic nitrogens is 2. The lowest BCUT2D eigenvalue weighted by molar-refractivity contribution is 0.107. The molecule has 86 valence electrons. The molecule has 1 fully saturated rings. The Kier molecular flexibility index (Phi) is 3.26. The largest absolute Gasteiger partial charge is 0.303 e. The number of aldehydes is 1. The Morgan fingerprint density at radius 2 is 2.25 bits per heavy atom. The minimum absolute atomic E-state index is 0.179. The summed E-state index contributed by atoms with van der Waals surface area (Å²) in [7, 11) is 4.15. The van der Waals surface area contributed by atoms with Crippen LogP contribution in [-0.4, -0.2) is 59.8 Å². The third kappa shape index (κ3) is 2.25. The molecule has 0 radical (unpaired) electrons. The number of nitrogens with zero attached hydrogens (tertiary/aromatic N) is 4. The Morgan fingerprint density at radius 1 is 1.44 bits per heavy atom. The van der Waals surface area contributed by atoms with Crippen LogP contribution in [0.4, 0.5) is 0 Å². The van der Waals surface area contributed by atoms with Gasteiger partial charge in [-0.3, -0.25) is 9.69 Å². The number of piperazine rings is 1. The number of hydrogen-bond acceptors (Lipinski definition) is 5. The lowest BCUT2D eigenvalue weighted by atomic mass is 10.1. The molecule has 0 saturated carbocycles. The van der Waals surface area contributed by atoms with Crippen LogP contribution in [0.3, 0.4) is 0 Å². The SMILES string of the molecule is CN1CCN(C)C(c2nccc(C=O)n2)C1. The lowest BCUT2D eigenvalue weighted by Gasteiger charge is -2.36. The molecule has 1 aliphatic heterocycles. The van der Waals surface area contributed by atoms with E-state index in [2.05, 4.69) is 33.9 Å². The van der Waals surface area contributed by atoms with E-state index in [1.54, 1.807) is 12.3 Å². The molecule has 0 spiro atoms. The molecule has 2 rings (SSSR count). The average molecular weight is 220 g/mol. The summed E-state index contributed by atoms with van der Waals surface area (Å²) in [5, 5.41) is 0. The summed E-state index contributed by atoms with van der Waals surface area (Å²) in [4.78, 5) is 23.7. The molecule has 0 amide bonds. The summed E-state index contributed by atoms with van der Waals surface area (Å²) in [5.74, 6) is 0.735. The van der Waals surface area contributed by atoms with Gasteiger partial charge < -0.3 is 4.90 Å². The van der Waals surface area contributed by atoms with E-state index < -0.39 is 0 Å². The first-order chi connectivity index (χ1) is 7.70. The van der Waals surface area contributed by atoms with Crippen LogP contribution in [0.25, 0.3) is 0 Å². The fourth-order valence-corrected chi connectivity index (χ4v) is 1.90. The van der Waals surface area contributed by atoms with E-state index in [0.717, 1.165) is 31.7 Å². The Labute approximate surface area is 95.1 Å². The van der Waals surface area contributed by atoms with Crippen molar-refractivity contribution < 1.29 is 4.79 Å². The monoisotopic (exact) mass is 220 g/mol. The average Bonchev–Trinajstić information content (AvgIpc) is 2.32. The van der Waals surface area contributed by atoms with Crippen LogP contribution in [0.2, 0.25) is 0 Å². The highest BCUT2D eigenvalue weighted by Gasteiger charge is 2.25. The zero-order chi connectivity index (χ0) is 11.5. The van der Waals surface area contributed by atoms with E-state index in [1.165, 1.54) is 0 Å². The van der Waals surface area contributed by atoms with Crippen molar-refractivity contribution in [3.63, 3.8) is 0 Å².